The molecule has 4 rings (SSSR count). The predicted molar refractivity (Wildman–Crippen MR) is 121 cm³/mol. The summed E-state index contributed by atoms with van der Waals surface area (Å²) in [6.07, 6.45) is 0.364. The first-order chi connectivity index (χ1) is 15.3. The Morgan fingerprint density at radius 3 is 2.22 bits per heavy atom. The third kappa shape index (κ3) is 3.73. The van der Waals surface area contributed by atoms with E-state index in [4.69, 9.17) is 4.74 Å². The van der Waals surface area contributed by atoms with Crippen LogP contribution in [0.3, 0.4) is 0 Å². The lowest BCUT2D eigenvalue weighted by Gasteiger charge is -2.24. The fraction of sp³-hybridized carbons (Fsp3) is 0.167. The summed E-state index contributed by atoms with van der Waals surface area (Å²) in [6, 6.07) is 21.0. The van der Waals surface area contributed by atoms with Gasteiger partial charge in [0.05, 0.1) is 17.7 Å². The summed E-state index contributed by atoms with van der Waals surface area (Å²) >= 11 is 0. The van der Waals surface area contributed by atoms with Crippen LogP contribution in [0.5, 0.6) is 0 Å². The second-order valence-corrected chi connectivity index (χ2v) is 9.35. The number of carbonyl (C=O) groups excluding carboxylic acids is 2. The molecule has 164 valence electrons. The first kappa shape index (κ1) is 21.6. The monoisotopic (exact) mass is 450 g/mol. The molecule has 1 heterocycles. The van der Waals surface area contributed by atoms with Gasteiger partial charge in [0, 0.05) is 24.7 Å². The number of anilines is 2. The molecule has 0 N–H and O–H groups in total. The molecule has 32 heavy (non-hydrogen) atoms. The minimum Gasteiger partial charge on any atom is -0.467 e. The van der Waals surface area contributed by atoms with Crippen molar-refractivity contribution in [3.63, 3.8) is 0 Å². The maximum absolute atomic E-state index is 13.3. The van der Waals surface area contributed by atoms with Crippen molar-refractivity contribution in [3.8, 4) is 0 Å². The smallest absolute Gasteiger partial charge is 0.329 e. The molecule has 1 aliphatic rings. The molecule has 1 atom stereocenters. The summed E-state index contributed by atoms with van der Waals surface area (Å²) in [4.78, 5) is 27.1. The molecule has 0 radical (unpaired) electrons. The van der Waals surface area contributed by atoms with Crippen molar-refractivity contribution in [1.82, 2.24) is 0 Å². The van der Waals surface area contributed by atoms with Crippen LogP contribution in [-0.4, -0.2) is 40.5 Å². The summed E-state index contributed by atoms with van der Waals surface area (Å²) in [5.74, 6) is -0.899. The molecule has 0 aliphatic carbocycles. The molecule has 0 saturated carbocycles. The van der Waals surface area contributed by atoms with E-state index < -0.39 is 27.9 Å². The van der Waals surface area contributed by atoms with E-state index in [1.54, 1.807) is 36.4 Å². The largest absolute Gasteiger partial charge is 0.467 e. The number of rotatable bonds is 5. The number of benzene rings is 3. The summed E-state index contributed by atoms with van der Waals surface area (Å²) in [5, 5.41) is 0. The second kappa shape index (κ2) is 8.47. The molecular weight excluding hydrogens is 428 g/mol. The SMILES string of the molecule is COC(=O)C1Cc2ccccc2N1C(=O)c1ccc(S(=O)(=O)N(C)c2ccccc2)cc1. The summed E-state index contributed by atoms with van der Waals surface area (Å²) < 4.78 is 32.1. The third-order valence-corrected chi connectivity index (χ3v) is 7.35. The predicted octanol–water partition coefficient (Wildman–Crippen LogP) is 3.26. The van der Waals surface area contributed by atoms with E-state index >= 15 is 0 Å². The van der Waals surface area contributed by atoms with E-state index in [2.05, 4.69) is 0 Å². The molecule has 0 fully saturated rings. The number of esters is 1. The standard InChI is InChI=1S/C24H22N2O5S/c1-25(19-9-4-3-5-10-19)32(29,30)20-14-12-17(13-15-20)23(27)26-21-11-7-6-8-18(21)16-22(26)24(28)31-2/h3-15,22H,16H2,1-2H3. The zero-order chi connectivity index (χ0) is 22.9. The quantitative estimate of drug-likeness (QED) is 0.557. The van der Waals surface area contributed by atoms with E-state index in [0.717, 1.165) is 5.56 Å². The van der Waals surface area contributed by atoms with E-state index in [0.29, 0.717) is 17.8 Å². The van der Waals surface area contributed by atoms with Crippen LogP contribution in [-0.2, 0) is 26.0 Å². The number of hydrogen-bond donors (Lipinski definition) is 0. The number of nitrogens with zero attached hydrogens (tertiary/aromatic N) is 2. The van der Waals surface area contributed by atoms with Gasteiger partial charge >= 0.3 is 5.97 Å². The highest BCUT2D eigenvalue weighted by atomic mass is 32.2. The van der Waals surface area contributed by atoms with Crippen LogP contribution in [0, 0.1) is 0 Å². The molecule has 1 unspecified atom stereocenters. The van der Waals surface area contributed by atoms with Crippen molar-refractivity contribution in [3.05, 3.63) is 90.0 Å². The fourth-order valence-corrected chi connectivity index (χ4v) is 5.00. The molecular formula is C24H22N2O5S. The molecule has 8 heteroatoms. The Morgan fingerprint density at radius 1 is 0.938 bits per heavy atom. The Balaban J connectivity index is 1.64. The van der Waals surface area contributed by atoms with Crippen molar-refractivity contribution in [1.29, 1.82) is 0 Å². The highest BCUT2D eigenvalue weighted by Crippen LogP contribution is 2.34. The number of hydrogen-bond acceptors (Lipinski definition) is 5. The van der Waals surface area contributed by atoms with Gasteiger partial charge in [-0.1, -0.05) is 36.4 Å². The first-order valence-corrected chi connectivity index (χ1v) is 11.4. The molecule has 0 saturated heterocycles. The number of methoxy groups -OCH3 is 1. The van der Waals surface area contributed by atoms with Crippen molar-refractivity contribution >= 4 is 33.3 Å². The number of amides is 1. The Kier molecular flexibility index (Phi) is 5.71. The number of carbonyl (C=O) groups is 2. The van der Waals surface area contributed by atoms with Crippen molar-refractivity contribution in [2.45, 2.75) is 17.4 Å². The zero-order valence-electron chi connectivity index (χ0n) is 17.6. The van der Waals surface area contributed by atoms with Crippen LogP contribution in [0.4, 0.5) is 11.4 Å². The number of para-hydroxylation sites is 2. The molecule has 0 bridgehead atoms. The maximum atomic E-state index is 13.3. The molecule has 3 aromatic carbocycles. The Morgan fingerprint density at radius 2 is 1.56 bits per heavy atom. The van der Waals surface area contributed by atoms with Crippen LogP contribution in [0.25, 0.3) is 0 Å². The van der Waals surface area contributed by atoms with E-state index in [1.807, 2.05) is 18.2 Å². The van der Waals surface area contributed by atoms with E-state index in [1.165, 1.54) is 47.6 Å². The van der Waals surface area contributed by atoms with Gasteiger partial charge in [0.1, 0.15) is 6.04 Å². The highest BCUT2D eigenvalue weighted by Gasteiger charge is 2.39. The normalized spacial score (nSPS) is 15.2. The lowest BCUT2D eigenvalue weighted by atomic mass is 10.1. The molecule has 1 aliphatic heterocycles. The maximum Gasteiger partial charge on any atom is 0.329 e. The fourth-order valence-electron chi connectivity index (χ4n) is 3.81. The van der Waals surface area contributed by atoms with E-state index in [-0.39, 0.29) is 10.5 Å². The van der Waals surface area contributed by atoms with Gasteiger partial charge in [0.15, 0.2) is 0 Å². The van der Waals surface area contributed by atoms with Crippen LogP contribution in [0.1, 0.15) is 15.9 Å². The molecule has 0 aromatic heterocycles. The van der Waals surface area contributed by atoms with Gasteiger partial charge in [-0.05, 0) is 48.0 Å². The second-order valence-electron chi connectivity index (χ2n) is 7.38. The Hall–Kier alpha value is -3.65. The van der Waals surface area contributed by atoms with E-state index in [9.17, 15) is 18.0 Å². The van der Waals surface area contributed by atoms with Gasteiger partial charge in [0.2, 0.25) is 0 Å². The van der Waals surface area contributed by atoms with Crippen molar-refractivity contribution in [2.75, 3.05) is 23.4 Å². The van der Waals surface area contributed by atoms with Crippen molar-refractivity contribution in [2.24, 2.45) is 0 Å². The van der Waals surface area contributed by atoms with Gasteiger partial charge in [-0.2, -0.15) is 0 Å². The lowest BCUT2D eigenvalue weighted by Crippen LogP contribution is -2.43. The highest BCUT2D eigenvalue weighted by molar-refractivity contribution is 7.92. The Bertz CT molecular complexity index is 1260. The summed E-state index contributed by atoms with van der Waals surface area (Å²) in [7, 11) is -1.03. The van der Waals surface area contributed by atoms with Gasteiger partial charge in [-0.25, -0.2) is 13.2 Å². The summed E-state index contributed by atoms with van der Waals surface area (Å²) in [6.45, 7) is 0. The van der Waals surface area contributed by atoms with Gasteiger partial charge in [0.25, 0.3) is 15.9 Å². The molecule has 0 spiro atoms. The molecule has 3 aromatic rings. The van der Waals surface area contributed by atoms with Gasteiger partial charge < -0.3 is 4.74 Å². The molecule has 7 nitrogen and oxygen atoms in total. The van der Waals surface area contributed by atoms with Crippen molar-refractivity contribution < 1.29 is 22.7 Å². The number of ether oxygens (including phenoxy) is 1. The lowest BCUT2D eigenvalue weighted by molar-refractivity contribution is -0.141. The minimum absolute atomic E-state index is 0.0618. The minimum atomic E-state index is -3.80. The topological polar surface area (TPSA) is 84.0 Å². The third-order valence-electron chi connectivity index (χ3n) is 5.55. The van der Waals surface area contributed by atoms with Crippen LogP contribution in [0.2, 0.25) is 0 Å². The van der Waals surface area contributed by atoms with Crippen LogP contribution >= 0.6 is 0 Å². The summed E-state index contributed by atoms with van der Waals surface area (Å²) in [5.41, 5.74) is 2.33. The van der Waals surface area contributed by atoms with Crippen LogP contribution in [0.15, 0.2) is 83.8 Å². The number of sulfonamides is 1. The molecule has 1 amide bonds. The van der Waals surface area contributed by atoms with Gasteiger partial charge in [-0.3, -0.25) is 14.0 Å². The van der Waals surface area contributed by atoms with Gasteiger partial charge in [-0.15, -0.1) is 0 Å². The Labute approximate surface area is 186 Å². The first-order valence-electron chi connectivity index (χ1n) is 9.98. The van der Waals surface area contributed by atoms with Crippen LogP contribution < -0.4 is 9.21 Å². The average molecular weight is 451 g/mol. The number of fused-ring (bicyclic) bond motifs is 1. The average Bonchev–Trinajstić information content (AvgIpc) is 3.22. The zero-order valence-corrected chi connectivity index (χ0v) is 18.5.